The highest BCUT2D eigenvalue weighted by atomic mass is 15.3. The van der Waals surface area contributed by atoms with Gasteiger partial charge in [0, 0.05) is 48.4 Å². The van der Waals surface area contributed by atoms with Crippen LogP contribution in [-0.4, -0.2) is 23.6 Å². The molecule has 0 saturated heterocycles. The Labute approximate surface area is 258 Å². The Hall–Kier alpha value is -5.61. The summed E-state index contributed by atoms with van der Waals surface area (Å²) in [5.74, 6) is 0. The largest absolute Gasteiger partial charge is 0.361 e. The maximum atomic E-state index is 5.03. The second-order valence-electron chi connectivity index (χ2n) is 11.5. The average molecular weight is 569 g/mol. The number of hydrogen-bond donors (Lipinski definition) is 0. The van der Waals surface area contributed by atoms with E-state index in [4.69, 9.17) is 4.98 Å². The zero-order valence-corrected chi connectivity index (χ0v) is 24.6. The molecule has 0 unspecified atom stereocenters. The van der Waals surface area contributed by atoms with Crippen molar-refractivity contribution in [2.24, 2.45) is 0 Å². The van der Waals surface area contributed by atoms with E-state index in [9.17, 15) is 0 Å². The summed E-state index contributed by atoms with van der Waals surface area (Å²) in [6.45, 7) is 0.829. The van der Waals surface area contributed by atoms with Gasteiger partial charge in [-0.3, -0.25) is 4.98 Å². The van der Waals surface area contributed by atoms with E-state index in [1.165, 1.54) is 27.8 Å². The Kier molecular flexibility index (Phi) is 6.27. The molecule has 0 radical (unpaired) electrons. The lowest BCUT2D eigenvalue weighted by Gasteiger charge is -2.34. The fourth-order valence-corrected chi connectivity index (χ4v) is 6.96. The molecule has 8 rings (SSSR count). The van der Waals surface area contributed by atoms with Gasteiger partial charge < -0.3 is 14.7 Å². The van der Waals surface area contributed by atoms with Gasteiger partial charge in [0.25, 0.3) is 0 Å². The fraction of sp³-hybridized carbons (Fsp3) is 0.0750. The molecule has 4 nitrogen and oxygen atoms in total. The first-order valence-corrected chi connectivity index (χ1v) is 15.1. The number of pyridine rings is 1. The first-order chi connectivity index (χ1) is 21.7. The number of rotatable bonds is 6. The van der Waals surface area contributed by atoms with Gasteiger partial charge >= 0.3 is 0 Å². The lowest BCUT2D eigenvalue weighted by molar-refractivity contribution is 0.496. The predicted molar refractivity (Wildman–Crippen MR) is 180 cm³/mol. The predicted octanol–water partition coefficient (Wildman–Crippen LogP) is 9.10. The van der Waals surface area contributed by atoms with Crippen LogP contribution < -0.4 is 9.80 Å². The van der Waals surface area contributed by atoms with Crippen LogP contribution in [-0.2, 0) is 5.41 Å². The number of para-hydroxylation sites is 1. The van der Waals surface area contributed by atoms with E-state index < -0.39 is 5.41 Å². The maximum Gasteiger partial charge on any atom is 0.0938 e. The van der Waals surface area contributed by atoms with Gasteiger partial charge in [0.05, 0.1) is 17.8 Å². The van der Waals surface area contributed by atoms with Crippen LogP contribution >= 0.6 is 0 Å². The number of anilines is 4. The van der Waals surface area contributed by atoms with Crippen molar-refractivity contribution < 1.29 is 0 Å². The summed E-state index contributed by atoms with van der Waals surface area (Å²) >= 11 is 0. The van der Waals surface area contributed by atoms with Crippen LogP contribution in [0, 0.1) is 0 Å². The van der Waals surface area contributed by atoms with Gasteiger partial charge in [-0.05, 0) is 82.4 Å². The molecule has 0 N–H and O–H groups in total. The van der Waals surface area contributed by atoms with Crippen LogP contribution in [0.4, 0.5) is 22.7 Å². The molecular formula is C40H32N4. The number of benzene rings is 5. The van der Waals surface area contributed by atoms with Gasteiger partial charge in [0.15, 0.2) is 0 Å². The molecule has 4 heteroatoms. The van der Waals surface area contributed by atoms with Crippen molar-refractivity contribution in [1.29, 1.82) is 0 Å². The van der Waals surface area contributed by atoms with Crippen LogP contribution in [0.3, 0.4) is 0 Å². The molecule has 6 aromatic rings. The molecule has 212 valence electrons. The summed E-state index contributed by atoms with van der Waals surface area (Å²) < 4.78 is 0. The van der Waals surface area contributed by atoms with Crippen molar-refractivity contribution in [3.05, 3.63) is 187 Å². The van der Waals surface area contributed by atoms with Crippen molar-refractivity contribution in [3.63, 3.8) is 0 Å². The quantitative estimate of drug-likeness (QED) is 0.200. The van der Waals surface area contributed by atoms with Crippen LogP contribution in [0.1, 0.15) is 22.4 Å². The van der Waals surface area contributed by atoms with E-state index in [0.29, 0.717) is 0 Å². The van der Waals surface area contributed by atoms with E-state index in [1.54, 1.807) is 0 Å². The number of fused-ring (bicyclic) bond motifs is 3. The Bertz CT molecular complexity index is 1940. The Balaban J connectivity index is 1.35. The molecule has 2 aliphatic rings. The summed E-state index contributed by atoms with van der Waals surface area (Å²) in [5, 5.41) is 0. The molecule has 1 aliphatic heterocycles. The summed E-state index contributed by atoms with van der Waals surface area (Å²) in [6.07, 6.45) is 6.16. The zero-order valence-electron chi connectivity index (χ0n) is 24.6. The smallest absolute Gasteiger partial charge is 0.0938 e. The lowest BCUT2D eigenvalue weighted by Crippen LogP contribution is -2.30. The zero-order chi connectivity index (χ0) is 29.5. The topological polar surface area (TPSA) is 22.6 Å². The Morgan fingerprint density at radius 1 is 0.591 bits per heavy atom. The van der Waals surface area contributed by atoms with Crippen LogP contribution in [0.15, 0.2) is 164 Å². The third-order valence-corrected chi connectivity index (χ3v) is 8.85. The number of nitrogens with zero attached hydrogens (tertiary/aromatic N) is 4. The van der Waals surface area contributed by atoms with Crippen LogP contribution in [0.5, 0.6) is 0 Å². The molecule has 1 aromatic heterocycles. The molecule has 0 amide bonds. The highest BCUT2D eigenvalue weighted by molar-refractivity contribution is 5.87. The maximum absolute atomic E-state index is 5.03. The fourth-order valence-electron chi connectivity index (χ4n) is 6.96. The molecule has 0 spiro atoms. The standard InChI is InChI=1S/C40H32N4/c1-42-25-26-43(29-42)32-16-12-18-34(28-32)44(31-14-3-2-4-15-31)33-17-11-13-30(27-33)40(39-23-9-10-24-41-39)37-21-7-5-19-35(37)36-20-6-8-22-38(36)40/h2-28H,29H2,1H3. The molecule has 5 aromatic carbocycles. The van der Waals surface area contributed by atoms with E-state index >= 15 is 0 Å². The van der Waals surface area contributed by atoms with Crippen molar-refractivity contribution in [1.82, 2.24) is 9.88 Å². The molecule has 0 bridgehead atoms. The van der Waals surface area contributed by atoms with Gasteiger partial charge in [-0.2, -0.15) is 0 Å². The van der Waals surface area contributed by atoms with Gasteiger partial charge in [-0.25, -0.2) is 0 Å². The molecule has 44 heavy (non-hydrogen) atoms. The molecule has 0 atom stereocenters. The van der Waals surface area contributed by atoms with Gasteiger partial charge in [-0.15, -0.1) is 0 Å². The summed E-state index contributed by atoms with van der Waals surface area (Å²) in [4.78, 5) is 11.8. The van der Waals surface area contributed by atoms with Crippen molar-refractivity contribution in [2.75, 3.05) is 23.5 Å². The highest BCUT2D eigenvalue weighted by Gasteiger charge is 2.47. The van der Waals surface area contributed by atoms with Crippen molar-refractivity contribution in [3.8, 4) is 11.1 Å². The second-order valence-corrected chi connectivity index (χ2v) is 11.5. The van der Waals surface area contributed by atoms with E-state index in [-0.39, 0.29) is 0 Å². The van der Waals surface area contributed by atoms with E-state index in [2.05, 4.69) is 174 Å². The van der Waals surface area contributed by atoms with Crippen molar-refractivity contribution in [2.45, 2.75) is 5.41 Å². The summed E-state index contributed by atoms with van der Waals surface area (Å²) in [6, 6.07) is 52.3. The molecular weight excluding hydrogens is 536 g/mol. The van der Waals surface area contributed by atoms with Gasteiger partial charge in [-0.1, -0.05) is 91.0 Å². The summed E-state index contributed by atoms with van der Waals surface area (Å²) in [5.41, 5.74) is 11.2. The lowest BCUT2D eigenvalue weighted by atomic mass is 9.69. The Morgan fingerprint density at radius 2 is 1.23 bits per heavy atom. The first-order valence-electron chi connectivity index (χ1n) is 15.1. The van der Waals surface area contributed by atoms with Crippen LogP contribution in [0.25, 0.3) is 11.1 Å². The van der Waals surface area contributed by atoms with E-state index in [1.807, 2.05) is 12.3 Å². The van der Waals surface area contributed by atoms with Crippen LogP contribution in [0.2, 0.25) is 0 Å². The molecule has 0 saturated carbocycles. The minimum atomic E-state index is -0.556. The molecule has 2 heterocycles. The van der Waals surface area contributed by atoms with Gasteiger partial charge in [0.2, 0.25) is 0 Å². The monoisotopic (exact) mass is 568 g/mol. The third kappa shape index (κ3) is 4.10. The number of aromatic nitrogens is 1. The van der Waals surface area contributed by atoms with Gasteiger partial charge in [0.1, 0.15) is 0 Å². The van der Waals surface area contributed by atoms with E-state index in [0.717, 1.165) is 35.1 Å². The minimum Gasteiger partial charge on any atom is -0.361 e. The summed E-state index contributed by atoms with van der Waals surface area (Å²) in [7, 11) is 2.10. The third-order valence-electron chi connectivity index (χ3n) is 8.85. The second kappa shape index (κ2) is 10.6. The average Bonchev–Trinajstić information content (AvgIpc) is 3.66. The minimum absolute atomic E-state index is 0.556. The number of hydrogen-bond acceptors (Lipinski definition) is 4. The SMILES string of the molecule is CN1C=CN(c2cccc(N(c3ccccc3)c3cccc(C4(c5ccccn5)c5ccccc5-c5ccccc54)c3)c2)C1. The molecule has 1 aliphatic carbocycles. The normalized spacial score (nSPS) is 14.4. The first kappa shape index (κ1) is 26.1. The highest BCUT2D eigenvalue weighted by Crippen LogP contribution is 2.56. The Morgan fingerprint density at radius 3 is 1.91 bits per heavy atom. The van der Waals surface area contributed by atoms with Crippen molar-refractivity contribution >= 4 is 22.7 Å². The molecule has 0 fully saturated rings.